The lowest BCUT2D eigenvalue weighted by molar-refractivity contribution is 0.0599. The smallest absolute Gasteiger partial charge is 0.408 e. The third-order valence-corrected chi connectivity index (χ3v) is 6.61. The lowest BCUT2D eigenvalue weighted by atomic mass is 9.70. The molecule has 0 saturated carbocycles. The molecule has 1 aliphatic heterocycles. The van der Waals surface area contributed by atoms with Crippen LogP contribution in [0.4, 0.5) is 4.79 Å². The van der Waals surface area contributed by atoms with E-state index in [4.69, 9.17) is 4.42 Å². The molecule has 7 nitrogen and oxygen atoms in total. The third kappa shape index (κ3) is 3.04. The lowest BCUT2D eigenvalue weighted by Crippen LogP contribution is -2.49. The fraction of sp³-hybridized carbons (Fsp3) is 0.476. The predicted octanol–water partition coefficient (Wildman–Crippen LogP) is 5.30. The second kappa shape index (κ2) is 6.32. The van der Waals surface area contributed by atoms with E-state index in [0.717, 1.165) is 4.47 Å². The van der Waals surface area contributed by atoms with Gasteiger partial charge in [-0.15, -0.1) is 0 Å². The number of nitrogens with zero attached hydrogens (tertiary/aromatic N) is 2. The maximum atomic E-state index is 12.8. The van der Waals surface area contributed by atoms with Crippen molar-refractivity contribution in [1.82, 2.24) is 14.9 Å². The van der Waals surface area contributed by atoms with Crippen LogP contribution in [0.1, 0.15) is 52.9 Å². The molecule has 2 N–H and O–H groups in total. The van der Waals surface area contributed by atoms with Crippen molar-refractivity contribution in [3.63, 3.8) is 0 Å². The molecule has 4 rings (SSSR count). The maximum Gasteiger partial charge on any atom is 0.408 e. The second-order valence-corrected chi connectivity index (χ2v) is 10.3. The fourth-order valence-corrected chi connectivity index (χ4v) is 5.38. The Morgan fingerprint density at radius 3 is 2.69 bits per heavy atom. The molecule has 2 atom stereocenters. The fourth-order valence-electron chi connectivity index (χ4n) is 5.01. The molecular weight excluding hydrogens is 438 g/mol. The van der Waals surface area contributed by atoms with Gasteiger partial charge in [0.1, 0.15) is 16.9 Å². The van der Waals surface area contributed by atoms with E-state index in [2.05, 4.69) is 46.7 Å². The van der Waals surface area contributed by atoms with Gasteiger partial charge in [-0.3, -0.25) is 9.69 Å². The summed E-state index contributed by atoms with van der Waals surface area (Å²) in [7, 11) is 0. The first-order chi connectivity index (χ1) is 13.4. The molecule has 8 heteroatoms. The van der Waals surface area contributed by atoms with Gasteiger partial charge in [-0.2, -0.15) is 0 Å². The summed E-state index contributed by atoms with van der Waals surface area (Å²) >= 11 is 3.44. The van der Waals surface area contributed by atoms with Crippen LogP contribution in [0.5, 0.6) is 0 Å². The molecule has 0 spiro atoms. The van der Waals surface area contributed by atoms with Crippen LogP contribution in [0.2, 0.25) is 0 Å². The van der Waals surface area contributed by atoms with E-state index in [1.54, 1.807) is 6.07 Å². The van der Waals surface area contributed by atoms with Crippen LogP contribution in [0, 0.1) is 11.3 Å². The van der Waals surface area contributed by atoms with Crippen LogP contribution in [0.25, 0.3) is 22.1 Å². The van der Waals surface area contributed by atoms with Crippen molar-refractivity contribution in [2.24, 2.45) is 11.3 Å². The Hall–Kier alpha value is -2.35. The maximum absolute atomic E-state index is 12.8. The molecule has 0 bridgehead atoms. The zero-order valence-electron chi connectivity index (χ0n) is 17.0. The highest BCUT2D eigenvalue weighted by Gasteiger charge is 2.54. The van der Waals surface area contributed by atoms with Gasteiger partial charge in [0.05, 0.1) is 6.04 Å². The Morgan fingerprint density at radius 2 is 2.07 bits per heavy atom. The van der Waals surface area contributed by atoms with Gasteiger partial charge in [0.15, 0.2) is 0 Å². The van der Waals surface area contributed by atoms with Gasteiger partial charge in [0.2, 0.25) is 5.58 Å². The molecule has 1 fully saturated rings. The average molecular weight is 462 g/mol. The van der Waals surface area contributed by atoms with E-state index < -0.39 is 23.2 Å². The summed E-state index contributed by atoms with van der Waals surface area (Å²) in [6.07, 6.45) is -0.439. The standard InChI is InChI=1S/C21H24BrN3O4/c1-20(2,3)14-9-12(25(19(27)28)21(14,4)5)17-23-15-11-8-10(22)6-7-13(11)29-16(15)18(26)24-17/h6-8,12,14H,9H2,1-5H3,(H,27,28)(H,23,24,26). The summed E-state index contributed by atoms with van der Waals surface area (Å²) in [5.41, 5.74) is 0.0380. The molecule has 154 valence electrons. The van der Waals surface area contributed by atoms with E-state index in [-0.39, 0.29) is 16.9 Å². The van der Waals surface area contributed by atoms with Crippen molar-refractivity contribution in [2.45, 2.75) is 52.6 Å². The first kappa shape index (κ1) is 19.9. The molecule has 1 aliphatic rings. The minimum absolute atomic E-state index is 0.0901. The number of hydrogen-bond donors (Lipinski definition) is 2. The van der Waals surface area contributed by atoms with Crippen molar-refractivity contribution in [2.75, 3.05) is 0 Å². The summed E-state index contributed by atoms with van der Waals surface area (Å²) in [6, 6.07) is 4.92. The van der Waals surface area contributed by atoms with Gasteiger partial charge in [0.25, 0.3) is 5.56 Å². The van der Waals surface area contributed by atoms with E-state index in [9.17, 15) is 14.7 Å². The predicted molar refractivity (Wildman–Crippen MR) is 114 cm³/mol. The van der Waals surface area contributed by atoms with Crippen molar-refractivity contribution in [1.29, 1.82) is 0 Å². The number of aromatic nitrogens is 2. The van der Waals surface area contributed by atoms with Crippen molar-refractivity contribution in [3.05, 3.63) is 38.9 Å². The first-order valence-electron chi connectivity index (χ1n) is 9.55. The Kier molecular flexibility index (Phi) is 4.35. The molecular formula is C21H24BrN3O4. The number of hydrogen-bond acceptors (Lipinski definition) is 4. The topological polar surface area (TPSA) is 99.4 Å². The molecule has 1 amide bonds. The Labute approximate surface area is 176 Å². The number of nitrogens with one attached hydrogen (secondary N) is 1. The van der Waals surface area contributed by atoms with Crippen molar-refractivity contribution in [3.8, 4) is 0 Å². The number of carboxylic acid groups (broad SMARTS) is 1. The Bertz CT molecular complexity index is 1190. The normalized spacial score (nSPS) is 21.9. The molecule has 1 aromatic carbocycles. The molecule has 0 radical (unpaired) electrons. The molecule has 2 aromatic heterocycles. The van der Waals surface area contributed by atoms with Gasteiger partial charge in [-0.05, 0) is 49.8 Å². The van der Waals surface area contributed by atoms with Gasteiger partial charge < -0.3 is 14.5 Å². The number of benzene rings is 1. The van der Waals surface area contributed by atoms with Crippen LogP contribution in [-0.4, -0.2) is 31.6 Å². The minimum Gasteiger partial charge on any atom is -0.465 e. The van der Waals surface area contributed by atoms with Crippen LogP contribution in [-0.2, 0) is 0 Å². The average Bonchev–Trinajstić information content (AvgIpc) is 3.09. The number of fused-ring (bicyclic) bond motifs is 3. The lowest BCUT2D eigenvalue weighted by Gasteiger charge is -2.41. The number of rotatable bonds is 1. The van der Waals surface area contributed by atoms with E-state index >= 15 is 0 Å². The molecule has 1 saturated heterocycles. The highest BCUT2D eigenvalue weighted by Crippen LogP contribution is 2.52. The summed E-state index contributed by atoms with van der Waals surface area (Å²) in [5, 5.41) is 10.7. The van der Waals surface area contributed by atoms with Crippen LogP contribution in [0.15, 0.2) is 31.9 Å². The summed E-state index contributed by atoms with van der Waals surface area (Å²) < 4.78 is 6.54. The van der Waals surface area contributed by atoms with Crippen molar-refractivity contribution >= 4 is 44.1 Å². The number of H-pyrrole nitrogens is 1. The van der Waals surface area contributed by atoms with Crippen LogP contribution < -0.4 is 5.56 Å². The van der Waals surface area contributed by atoms with Gasteiger partial charge in [-0.1, -0.05) is 36.7 Å². The number of carbonyl (C=O) groups is 1. The monoisotopic (exact) mass is 461 g/mol. The number of furan rings is 1. The quantitative estimate of drug-likeness (QED) is 0.512. The molecule has 3 aromatic rings. The van der Waals surface area contributed by atoms with Gasteiger partial charge >= 0.3 is 6.09 Å². The highest BCUT2D eigenvalue weighted by atomic mass is 79.9. The summed E-state index contributed by atoms with van der Waals surface area (Å²) in [6.45, 7) is 10.2. The molecule has 2 unspecified atom stereocenters. The summed E-state index contributed by atoms with van der Waals surface area (Å²) in [4.78, 5) is 33.9. The third-order valence-electron chi connectivity index (χ3n) is 6.12. The Balaban J connectivity index is 1.93. The van der Waals surface area contributed by atoms with Gasteiger partial charge in [0, 0.05) is 15.4 Å². The zero-order valence-corrected chi connectivity index (χ0v) is 18.6. The summed E-state index contributed by atoms with van der Waals surface area (Å²) in [5.74, 6) is 0.444. The molecule has 3 heterocycles. The highest BCUT2D eigenvalue weighted by molar-refractivity contribution is 9.10. The second-order valence-electron chi connectivity index (χ2n) is 9.35. The molecule has 29 heavy (non-hydrogen) atoms. The van der Waals surface area contributed by atoms with Crippen LogP contribution in [0.3, 0.4) is 0 Å². The number of likely N-dealkylation sites (tertiary alicyclic amines) is 1. The van der Waals surface area contributed by atoms with E-state index in [1.807, 2.05) is 26.0 Å². The molecule has 0 aliphatic carbocycles. The van der Waals surface area contributed by atoms with E-state index in [1.165, 1.54) is 4.90 Å². The van der Waals surface area contributed by atoms with Crippen molar-refractivity contribution < 1.29 is 14.3 Å². The van der Waals surface area contributed by atoms with Gasteiger partial charge in [-0.25, -0.2) is 9.78 Å². The largest absolute Gasteiger partial charge is 0.465 e. The Morgan fingerprint density at radius 1 is 1.38 bits per heavy atom. The number of aromatic amines is 1. The van der Waals surface area contributed by atoms with Crippen LogP contribution >= 0.6 is 15.9 Å². The van der Waals surface area contributed by atoms with E-state index in [0.29, 0.717) is 28.7 Å². The zero-order chi connectivity index (χ0) is 21.3. The SMILES string of the molecule is CC(C)(C)C1CC(c2nc3c(oc4ccc(Br)cc43)c(=O)[nH]2)N(C(=O)O)C1(C)C. The minimum atomic E-state index is -1.02. The number of amides is 1. The first-order valence-corrected chi connectivity index (χ1v) is 10.3. The number of halogens is 1.